The number of hydrogen-bond donors (Lipinski definition) is 1. The summed E-state index contributed by atoms with van der Waals surface area (Å²) in [5.74, 6) is 1.19. The van der Waals surface area contributed by atoms with E-state index in [0.29, 0.717) is 6.04 Å². The van der Waals surface area contributed by atoms with Crippen LogP contribution in [0.15, 0.2) is 12.4 Å². The second kappa shape index (κ2) is 5.46. The van der Waals surface area contributed by atoms with Gasteiger partial charge in [0.1, 0.15) is 5.82 Å². The molecule has 1 fully saturated rings. The number of aromatic nitrogens is 2. The number of aryl methyl sites for hydroxylation is 1. The summed E-state index contributed by atoms with van der Waals surface area (Å²) in [5, 5.41) is 3.38. The average Bonchev–Trinajstić information content (AvgIpc) is 2.72. The maximum absolute atomic E-state index is 4.36. The van der Waals surface area contributed by atoms with Crippen LogP contribution in [0.1, 0.15) is 18.7 Å². The summed E-state index contributed by atoms with van der Waals surface area (Å²) in [6.07, 6.45) is 7.57. The predicted octanol–water partition coefficient (Wildman–Crippen LogP) is 0.646. The van der Waals surface area contributed by atoms with E-state index in [1.54, 1.807) is 0 Å². The molecular formula is C12H22N4. The number of nitrogens with one attached hydrogen (secondary N) is 1. The Morgan fingerprint density at radius 1 is 1.56 bits per heavy atom. The highest BCUT2D eigenvalue weighted by atomic mass is 15.2. The number of rotatable bonds is 4. The summed E-state index contributed by atoms with van der Waals surface area (Å²) >= 11 is 0. The Bertz CT molecular complexity index is 321. The first-order valence-electron chi connectivity index (χ1n) is 6.15. The van der Waals surface area contributed by atoms with Crippen LogP contribution in [-0.4, -0.2) is 47.2 Å². The molecule has 0 amide bonds. The molecule has 2 rings (SSSR count). The molecule has 1 aromatic rings. The van der Waals surface area contributed by atoms with Crippen molar-refractivity contribution in [2.24, 2.45) is 7.05 Å². The van der Waals surface area contributed by atoms with Gasteiger partial charge >= 0.3 is 0 Å². The van der Waals surface area contributed by atoms with E-state index < -0.39 is 0 Å². The monoisotopic (exact) mass is 222 g/mol. The van der Waals surface area contributed by atoms with E-state index in [1.165, 1.54) is 31.8 Å². The number of likely N-dealkylation sites (tertiary alicyclic amines) is 1. The summed E-state index contributed by atoms with van der Waals surface area (Å²) in [4.78, 5) is 6.90. The second-order valence-electron chi connectivity index (χ2n) is 4.63. The van der Waals surface area contributed by atoms with Gasteiger partial charge in [-0.25, -0.2) is 4.98 Å². The zero-order valence-corrected chi connectivity index (χ0v) is 10.3. The normalized spacial score (nSPS) is 22.5. The molecule has 1 aliphatic rings. The molecule has 4 heteroatoms. The number of piperidine rings is 1. The number of nitrogens with zero attached hydrogens (tertiary/aromatic N) is 3. The smallest absolute Gasteiger partial charge is 0.109 e. The molecule has 2 heterocycles. The van der Waals surface area contributed by atoms with E-state index in [1.807, 2.05) is 12.4 Å². The van der Waals surface area contributed by atoms with Crippen LogP contribution in [0.25, 0.3) is 0 Å². The van der Waals surface area contributed by atoms with E-state index in [4.69, 9.17) is 0 Å². The first-order chi connectivity index (χ1) is 7.79. The van der Waals surface area contributed by atoms with Gasteiger partial charge in [0, 0.05) is 45.0 Å². The molecule has 0 spiro atoms. The van der Waals surface area contributed by atoms with Crippen LogP contribution in [0.3, 0.4) is 0 Å². The van der Waals surface area contributed by atoms with Crippen LogP contribution in [0, 0.1) is 0 Å². The van der Waals surface area contributed by atoms with Crippen molar-refractivity contribution in [2.45, 2.75) is 25.3 Å². The van der Waals surface area contributed by atoms with E-state index in [0.717, 1.165) is 13.0 Å². The molecule has 1 atom stereocenters. The van der Waals surface area contributed by atoms with Crippen molar-refractivity contribution in [1.82, 2.24) is 19.8 Å². The molecule has 1 unspecified atom stereocenters. The minimum Gasteiger partial charge on any atom is -0.338 e. The van der Waals surface area contributed by atoms with Crippen LogP contribution in [0.4, 0.5) is 0 Å². The second-order valence-corrected chi connectivity index (χ2v) is 4.63. The Labute approximate surface area is 97.7 Å². The average molecular weight is 222 g/mol. The van der Waals surface area contributed by atoms with Crippen molar-refractivity contribution in [3.8, 4) is 0 Å². The van der Waals surface area contributed by atoms with Gasteiger partial charge in [0.2, 0.25) is 0 Å². The highest BCUT2D eigenvalue weighted by Crippen LogP contribution is 2.10. The van der Waals surface area contributed by atoms with Crippen molar-refractivity contribution in [3.05, 3.63) is 18.2 Å². The first-order valence-corrected chi connectivity index (χ1v) is 6.15. The lowest BCUT2D eigenvalue weighted by Gasteiger charge is -2.32. The van der Waals surface area contributed by atoms with Crippen molar-refractivity contribution in [1.29, 1.82) is 0 Å². The quantitative estimate of drug-likeness (QED) is 0.812. The van der Waals surface area contributed by atoms with Crippen LogP contribution in [0.2, 0.25) is 0 Å². The van der Waals surface area contributed by atoms with Crippen LogP contribution in [-0.2, 0) is 13.5 Å². The molecule has 1 aromatic heterocycles. The van der Waals surface area contributed by atoms with Crippen molar-refractivity contribution >= 4 is 0 Å². The molecule has 4 nitrogen and oxygen atoms in total. The fraction of sp³-hybridized carbons (Fsp3) is 0.750. The molecule has 0 aromatic carbocycles. The Morgan fingerprint density at radius 3 is 3.12 bits per heavy atom. The van der Waals surface area contributed by atoms with Crippen molar-refractivity contribution < 1.29 is 0 Å². The zero-order valence-electron chi connectivity index (χ0n) is 10.3. The third-order valence-electron chi connectivity index (χ3n) is 3.49. The van der Waals surface area contributed by atoms with Gasteiger partial charge in [-0.05, 0) is 26.4 Å². The zero-order chi connectivity index (χ0) is 11.4. The highest BCUT2D eigenvalue weighted by Gasteiger charge is 2.18. The van der Waals surface area contributed by atoms with Gasteiger partial charge in [-0.1, -0.05) is 0 Å². The molecule has 90 valence electrons. The van der Waals surface area contributed by atoms with Gasteiger partial charge in [-0.2, -0.15) is 0 Å². The van der Waals surface area contributed by atoms with Gasteiger partial charge in [-0.15, -0.1) is 0 Å². The molecule has 0 saturated carbocycles. The Kier molecular flexibility index (Phi) is 3.96. The van der Waals surface area contributed by atoms with E-state index >= 15 is 0 Å². The van der Waals surface area contributed by atoms with Gasteiger partial charge in [-0.3, -0.25) is 0 Å². The fourth-order valence-electron chi connectivity index (χ4n) is 2.39. The van der Waals surface area contributed by atoms with E-state index in [2.05, 4.69) is 33.9 Å². The molecule has 0 radical (unpaired) electrons. The third-order valence-corrected chi connectivity index (χ3v) is 3.49. The minimum absolute atomic E-state index is 0.676. The van der Waals surface area contributed by atoms with Gasteiger partial charge in [0.05, 0.1) is 0 Å². The lowest BCUT2D eigenvalue weighted by molar-refractivity contribution is 0.196. The molecule has 0 aliphatic carbocycles. The SMILES string of the molecule is CNC1CCCN(CCc2nccn2C)C1. The summed E-state index contributed by atoms with van der Waals surface area (Å²) in [5.41, 5.74) is 0. The van der Waals surface area contributed by atoms with E-state index in [-0.39, 0.29) is 0 Å². The van der Waals surface area contributed by atoms with Crippen molar-refractivity contribution in [3.63, 3.8) is 0 Å². The Morgan fingerprint density at radius 2 is 2.44 bits per heavy atom. The van der Waals surface area contributed by atoms with Crippen LogP contribution < -0.4 is 5.32 Å². The van der Waals surface area contributed by atoms with E-state index in [9.17, 15) is 0 Å². The summed E-state index contributed by atoms with van der Waals surface area (Å²) in [6.45, 7) is 3.55. The maximum Gasteiger partial charge on any atom is 0.109 e. The fourth-order valence-corrected chi connectivity index (χ4v) is 2.39. The molecule has 1 N–H and O–H groups in total. The van der Waals surface area contributed by atoms with Crippen molar-refractivity contribution in [2.75, 3.05) is 26.7 Å². The molecule has 16 heavy (non-hydrogen) atoms. The standard InChI is InChI=1S/C12H22N4/c1-13-11-4-3-7-16(10-11)8-5-12-14-6-9-15(12)2/h6,9,11,13H,3-5,7-8,10H2,1-2H3. The predicted molar refractivity (Wildman–Crippen MR) is 65.4 cm³/mol. The number of hydrogen-bond acceptors (Lipinski definition) is 3. The number of likely N-dealkylation sites (N-methyl/N-ethyl adjacent to an activating group) is 1. The summed E-state index contributed by atoms with van der Waals surface area (Å²) in [6, 6.07) is 0.676. The lowest BCUT2D eigenvalue weighted by atomic mass is 10.1. The Hall–Kier alpha value is -0.870. The minimum atomic E-state index is 0.676. The topological polar surface area (TPSA) is 33.1 Å². The maximum atomic E-state index is 4.36. The molecule has 1 aliphatic heterocycles. The van der Waals surface area contributed by atoms with Crippen LogP contribution in [0.5, 0.6) is 0 Å². The summed E-state index contributed by atoms with van der Waals surface area (Å²) in [7, 11) is 4.13. The Balaban J connectivity index is 1.79. The van der Waals surface area contributed by atoms with Crippen LogP contribution >= 0.6 is 0 Å². The molecule has 1 saturated heterocycles. The first kappa shape index (κ1) is 11.6. The largest absolute Gasteiger partial charge is 0.338 e. The lowest BCUT2D eigenvalue weighted by Crippen LogP contribution is -2.45. The third kappa shape index (κ3) is 2.83. The van der Waals surface area contributed by atoms with Gasteiger partial charge in [0.15, 0.2) is 0 Å². The summed E-state index contributed by atoms with van der Waals surface area (Å²) < 4.78 is 2.11. The molecule has 0 bridgehead atoms. The highest BCUT2D eigenvalue weighted by molar-refractivity contribution is 4.92. The van der Waals surface area contributed by atoms with Gasteiger partial charge in [0.25, 0.3) is 0 Å². The van der Waals surface area contributed by atoms with Gasteiger partial charge < -0.3 is 14.8 Å². The number of imidazole rings is 1. The molecular weight excluding hydrogens is 200 g/mol.